The number of ether oxygens (including phenoxy) is 1. The van der Waals surface area contributed by atoms with Crippen molar-refractivity contribution in [3.05, 3.63) is 53.0 Å². The van der Waals surface area contributed by atoms with E-state index in [2.05, 4.69) is 59.9 Å². The molecule has 1 heterocycles. The minimum atomic E-state index is -0.187. The molecule has 172 valence electrons. The molecule has 0 bridgehead atoms. The summed E-state index contributed by atoms with van der Waals surface area (Å²) >= 11 is 0. The zero-order chi connectivity index (χ0) is 21.9. The lowest BCUT2D eigenvalue weighted by Gasteiger charge is -2.18. The Hall–Kier alpha value is -2.23. The molecular weight excluding hydrogens is 507 g/mol. The lowest BCUT2D eigenvalue weighted by molar-refractivity contribution is 0.0925. The van der Waals surface area contributed by atoms with Crippen molar-refractivity contribution in [1.82, 2.24) is 16.0 Å². The summed E-state index contributed by atoms with van der Waals surface area (Å²) in [5.74, 6) is 1.80. The predicted molar refractivity (Wildman–Crippen MR) is 136 cm³/mol. The Kier molecular flexibility index (Phi) is 12.1. The number of hydrogen-bond donors (Lipinski definition) is 3. The van der Waals surface area contributed by atoms with Crippen LogP contribution in [0.3, 0.4) is 0 Å². The first-order valence-electron chi connectivity index (χ1n) is 10.5. The van der Waals surface area contributed by atoms with E-state index in [9.17, 15) is 4.79 Å². The molecule has 0 radical (unpaired) electrons. The smallest absolute Gasteiger partial charge is 0.287 e. The molecule has 2 rings (SSSR count). The second-order valence-electron chi connectivity index (χ2n) is 7.34. The van der Waals surface area contributed by atoms with Gasteiger partial charge in [-0.15, -0.1) is 24.0 Å². The van der Waals surface area contributed by atoms with E-state index < -0.39 is 0 Å². The zero-order valence-corrected chi connectivity index (χ0v) is 21.4. The highest BCUT2D eigenvalue weighted by Crippen LogP contribution is 2.22. The number of nitrogens with zero attached hydrogens (tertiary/aromatic N) is 1. The normalized spacial score (nSPS) is 12.0. The molecule has 2 aromatic rings. The molecule has 0 saturated heterocycles. The fraction of sp³-hybridized carbons (Fsp3) is 0.478. The summed E-state index contributed by atoms with van der Waals surface area (Å²) in [6, 6.07) is 8.02. The average Bonchev–Trinajstić information content (AvgIpc) is 3.16. The molecule has 31 heavy (non-hydrogen) atoms. The first-order valence-corrected chi connectivity index (χ1v) is 10.5. The number of carbonyl (C=O) groups is 1. The Morgan fingerprint density at radius 2 is 1.90 bits per heavy atom. The zero-order valence-electron chi connectivity index (χ0n) is 19.1. The standard InChI is InChI=1S/C23H34N4O3.HI/c1-6-18(4)30-20-14-16(2)8-9-19(20)15-27-23(24-5)26-12-7-11-25-22(28)21-17(3)10-13-29-21;/h8-10,13-14,18H,6-7,11-12,15H2,1-5H3,(H,25,28)(H2,24,26,27);1H. The fourth-order valence-electron chi connectivity index (χ4n) is 2.80. The van der Waals surface area contributed by atoms with E-state index in [-0.39, 0.29) is 36.0 Å². The monoisotopic (exact) mass is 542 g/mol. The van der Waals surface area contributed by atoms with Crippen LogP contribution in [0.5, 0.6) is 5.75 Å². The summed E-state index contributed by atoms with van der Waals surface area (Å²) < 4.78 is 11.3. The highest BCUT2D eigenvalue weighted by Gasteiger charge is 2.11. The third kappa shape index (κ3) is 8.80. The van der Waals surface area contributed by atoms with Gasteiger partial charge in [-0.2, -0.15) is 0 Å². The van der Waals surface area contributed by atoms with Gasteiger partial charge < -0.3 is 25.1 Å². The molecule has 7 nitrogen and oxygen atoms in total. The summed E-state index contributed by atoms with van der Waals surface area (Å²) in [7, 11) is 1.74. The van der Waals surface area contributed by atoms with Crippen LogP contribution < -0.4 is 20.7 Å². The second kappa shape index (κ2) is 14.0. The van der Waals surface area contributed by atoms with Gasteiger partial charge >= 0.3 is 0 Å². The van der Waals surface area contributed by atoms with Gasteiger partial charge in [0.1, 0.15) is 5.75 Å². The number of aliphatic imine (C=N–C) groups is 1. The Balaban J connectivity index is 0.00000480. The number of rotatable bonds is 10. The molecule has 0 aliphatic heterocycles. The highest BCUT2D eigenvalue weighted by molar-refractivity contribution is 14.0. The van der Waals surface area contributed by atoms with Crippen molar-refractivity contribution >= 4 is 35.8 Å². The topological polar surface area (TPSA) is 87.9 Å². The largest absolute Gasteiger partial charge is 0.490 e. The van der Waals surface area contributed by atoms with Gasteiger partial charge in [0.15, 0.2) is 11.7 Å². The van der Waals surface area contributed by atoms with Crippen molar-refractivity contribution in [2.75, 3.05) is 20.1 Å². The SMILES string of the molecule is CCC(C)Oc1cc(C)ccc1CNC(=NC)NCCCNC(=O)c1occc1C.I. The van der Waals surface area contributed by atoms with Crippen LogP contribution in [0.2, 0.25) is 0 Å². The molecule has 1 unspecified atom stereocenters. The number of benzene rings is 1. The lowest BCUT2D eigenvalue weighted by atomic mass is 10.1. The Morgan fingerprint density at radius 3 is 2.55 bits per heavy atom. The molecular formula is C23H35IN4O3. The Labute approximate surface area is 202 Å². The summed E-state index contributed by atoms with van der Waals surface area (Å²) in [5, 5.41) is 9.45. The van der Waals surface area contributed by atoms with Gasteiger partial charge in [-0.1, -0.05) is 19.1 Å². The summed E-state index contributed by atoms with van der Waals surface area (Å²) in [5.41, 5.74) is 3.10. The first-order chi connectivity index (χ1) is 14.4. The van der Waals surface area contributed by atoms with E-state index in [1.807, 2.05) is 6.92 Å². The number of amides is 1. The van der Waals surface area contributed by atoms with E-state index in [1.54, 1.807) is 13.1 Å². The Morgan fingerprint density at radius 1 is 1.16 bits per heavy atom. The molecule has 1 amide bonds. The van der Waals surface area contributed by atoms with Crippen molar-refractivity contribution in [2.24, 2.45) is 4.99 Å². The summed E-state index contributed by atoms with van der Waals surface area (Å²) in [4.78, 5) is 16.3. The van der Waals surface area contributed by atoms with Crippen LogP contribution in [0.4, 0.5) is 0 Å². The third-order valence-corrected chi connectivity index (χ3v) is 4.80. The lowest BCUT2D eigenvalue weighted by Crippen LogP contribution is -2.38. The molecule has 0 aliphatic carbocycles. The summed E-state index contributed by atoms with van der Waals surface area (Å²) in [6.45, 7) is 9.94. The molecule has 8 heteroatoms. The maximum absolute atomic E-state index is 12.0. The molecule has 0 aliphatic rings. The van der Waals surface area contributed by atoms with Gasteiger partial charge in [-0.25, -0.2) is 0 Å². The molecule has 0 spiro atoms. The summed E-state index contributed by atoms with van der Waals surface area (Å²) in [6.07, 6.45) is 3.41. The van der Waals surface area contributed by atoms with Crippen LogP contribution in [0.1, 0.15) is 53.9 Å². The number of nitrogens with one attached hydrogen (secondary N) is 3. The van der Waals surface area contributed by atoms with Crippen molar-refractivity contribution < 1.29 is 13.9 Å². The quantitative estimate of drug-likeness (QED) is 0.182. The first kappa shape index (κ1) is 26.8. The predicted octanol–water partition coefficient (Wildman–Crippen LogP) is 4.18. The molecule has 0 saturated carbocycles. The maximum atomic E-state index is 12.0. The van der Waals surface area contributed by atoms with E-state index in [4.69, 9.17) is 9.15 Å². The maximum Gasteiger partial charge on any atom is 0.287 e. The second-order valence-corrected chi connectivity index (χ2v) is 7.34. The molecule has 0 fully saturated rings. The van der Waals surface area contributed by atoms with Crippen molar-refractivity contribution in [2.45, 2.75) is 53.2 Å². The van der Waals surface area contributed by atoms with Crippen molar-refractivity contribution in [3.8, 4) is 5.75 Å². The van der Waals surface area contributed by atoms with Crippen LogP contribution in [-0.2, 0) is 6.54 Å². The van der Waals surface area contributed by atoms with Gasteiger partial charge in [0.25, 0.3) is 5.91 Å². The fourth-order valence-corrected chi connectivity index (χ4v) is 2.80. The highest BCUT2D eigenvalue weighted by atomic mass is 127. The van der Waals surface area contributed by atoms with Gasteiger partial charge in [-0.3, -0.25) is 9.79 Å². The van der Waals surface area contributed by atoms with Gasteiger partial charge in [0, 0.05) is 37.8 Å². The van der Waals surface area contributed by atoms with Crippen LogP contribution in [-0.4, -0.2) is 38.1 Å². The van der Waals surface area contributed by atoms with Crippen molar-refractivity contribution in [3.63, 3.8) is 0 Å². The van der Waals surface area contributed by atoms with Gasteiger partial charge in [-0.05, 0) is 51.3 Å². The van der Waals surface area contributed by atoms with E-state index in [1.165, 1.54) is 11.8 Å². The van der Waals surface area contributed by atoms with Gasteiger partial charge in [0.05, 0.1) is 12.4 Å². The third-order valence-electron chi connectivity index (χ3n) is 4.80. The minimum Gasteiger partial charge on any atom is -0.490 e. The van der Waals surface area contributed by atoms with Crippen LogP contribution in [0, 0.1) is 13.8 Å². The molecule has 3 N–H and O–H groups in total. The Bertz CT molecular complexity index is 851. The number of aryl methyl sites for hydroxylation is 2. The number of hydrogen-bond acceptors (Lipinski definition) is 4. The van der Waals surface area contributed by atoms with Gasteiger partial charge in [0.2, 0.25) is 0 Å². The number of carbonyl (C=O) groups excluding carboxylic acids is 1. The average molecular weight is 542 g/mol. The van der Waals surface area contributed by atoms with Crippen molar-refractivity contribution in [1.29, 1.82) is 0 Å². The van der Waals surface area contributed by atoms with E-state index in [0.29, 0.717) is 31.4 Å². The number of furan rings is 1. The van der Waals surface area contributed by atoms with Crippen LogP contribution in [0.25, 0.3) is 0 Å². The van der Waals surface area contributed by atoms with E-state index >= 15 is 0 Å². The minimum absolute atomic E-state index is 0. The molecule has 1 aromatic heterocycles. The van der Waals surface area contributed by atoms with Crippen LogP contribution in [0.15, 0.2) is 39.9 Å². The van der Waals surface area contributed by atoms with Crippen LogP contribution >= 0.6 is 24.0 Å². The number of guanidine groups is 1. The number of halogens is 1. The van der Waals surface area contributed by atoms with E-state index in [0.717, 1.165) is 29.7 Å². The molecule has 1 atom stereocenters. The molecule has 1 aromatic carbocycles.